The van der Waals surface area contributed by atoms with Gasteiger partial charge in [-0.3, -0.25) is 0 Å². The van der Waals surface area contributed by atoms with E-state index in [0.717, 1.165) is 7.05 Å². The number of methoxy groups -OCH3 is 1. The van der Waals surface area contributed by atoms with Crippen LogP contribution in [0.2, 0.25) is 5.15 Å². The summed E-state index contributed by atoms with van der Waals surface area (Å²) in [6, 6.07) is 7.74. The molecule has 2 aromatic rings. The van der Waals surface area contributed by atoms with Gasteiger partial charge in [0.05, 0.1) is 12.9 Å². The van der Waals surface area contributed by atoms with E-state index in [1.165, 1.54) is 13.2 Å². The van der Waals surface area contributed by atoms with Gasteiger partial charge in [-0.15, -0.1) is 0 Å². The maximum atomic E-state index is 12.5. The summed E-state index contributed by atoms with van der Waals surface area (Å²) in [6.45, 7) is 4.97. The van der Waals surface area contributed by atoms with Crippen LogP contribution in [0.25, 0.3) is 0 Å². The number of nitrogens with zero attached hydrogens (tertiary/aromatic N) is 3. The molecule has 1 aromatic carbocycles. The summed E-state index contributed by atoms with van der Waals surface area (Å²) in [6.07, 6.45) is -0.938. The van der Waals surface area contributed by atoms with Crippen molar-refractivity contribution in [3.8, 4) is 17.6 Å². The van der Waals surface area contributed by atoms with E-state index in [0.29, 0.717) is 15.6 Å². The van der Waals surface area contributed by atoms with E-state index >= 15 is 0 Å². The number of sulfonamides is 1. The highest BCUT2D eigenvalue weighted by atomic mass is 35.5. The van der Waals surface area contributed by atoms with Gasteiger partial charge in [0.2, 0.25) is 15.9 Å². The molecule has 11 heteroatoms. The zero-order chi connectivity index (χ0) is 21.8. The number of halogens is 1. The van der Waals surface area contributed by atoms with Crippen molar-refractivity contribution >= 4 is 27.7 Å². The lowest BCUT2D eigenvalue weighted by Gasteiger charge is -2.24. The van der Waals surface area contributed by atoms with E-state index in [-0.39, 0.29) is 22.8 Å². The second-order valence-corrected chi connectivity index (χ2v) is 9.35. The average Bonchev–Trinajstić information content (AvgIpc) is 2.60. The van der Waals surface area contributed by atoms with Gasteiger partial charge in [-0.1, -0.05) is 23.7 Å². The predicted octanol–water partition coefficient (Wildman–Crippen LogP) is 3.63. The van der Waals surface area contributed by atoms with Crippen LogP contribution in [0.15, 0.2) is 30.3 Å². The quantitative estimate of drug-likeness (QED) is 0.622. The van der Waals surface area contributed by atoms with Crippen molar-refractivity contribution < 1.29 is 27.4 Å². The Morgan fingerprint density at radius 1 is 1.17 bits per heavy atom. The molecule has 29 heavy (non-hydrogen) atoms. The Labute approximate surface area is 174 Å². The summed E-state index contributed by atoms with van der Waals surface area (Å²) in [7, 11) is -1.35. The highest BCUT2D eigenvalue weighted by Gasteiger charge is 2.28. The third-order valence-electron chi connectivity index (χ3n) is 3.40. The molecular formula is C18H22ClN3O6S. The lowest BCUT2D eigenvalue weighted by molar-refractivity contribution is 0.0420. The lowest BCUT2D eigenvalue weighted by atomic mass is 10.2. The number of carbonyl (C=O) groups excluding carboxylic acids is 1. The van der Waals surface area contributed by atoms with Crippen molar-refractivity contribution in [1.29, 1.82) is 0 Å². The second kappa shape index (κ2) is 8.83. The third kappa shape index (κ3) is 6.75. The van der Waals surface area contributed by atoms with Crippen LogP contribution in [0.4, 0.5) is 4.79 Å². The Hall–Kier alpha value is -2.59. The molecule has 1 heterocycles. The van der Waals surface area contributed by atoms with Crippen LogP contribution in [0.5, 0.6) is 17.6 Å². The van der Waals surface area contributed by atoms with Gasteiger partial charge in [0, 0.05) is 13.1 Å². The largest absolute Gasteiger partial charge is 0.467 e. The standard InChI is InChI=1S/C18H22ClN3O6S/c1-18(2,3)28-17(23)22(4)29(24,25)11-12-6-8-13(9-7-12)27-15-10-14(19)20-16(21-15)26-5/h6-10H,11H2,1-5H3. The number of aromatic nitrogens is 2. The zero-order valence-electron chi connectivity index (χ0n) is 16.7. The molecule has 1 amide bonds. The Balaban J connectivity index is 2.08. The van der Waals surface area contributed by atoms with E-state index in [1.54, 1.807) is 45.0 Å². The monoisotopic (exact) mass is 443 g/mol. The third-order valence-corrected chi connectivity index (χ3v) is 5.27. The minimum atomic E-state index is -3.91. The van der Waals surface area contributed by atoms with Crippen LogP contribution in [0.3, 0.4) is 0 Å². The van der Waals surface area contributed by atoms with Gasteiger partial charge in [-0.25, -0.2) is 17.5 Å². The maximum Gasteiger partial charge on any atom is 0.423 e. The van der Waals surface area contributed by atoms with Gasteiger partial charge in [-0.2, -0.15) is 9.97 Å². The van der Waals surface area contributed by atoms with Gasteiger partial charge >= 0.3 is 12.1 Å². The fraction of sp³-hybridized carbons (Fsp3) is 0.389. The SMILES string of the molecule is COc1nc(Cl)cc(Oc2ccc(CS(=O)(=O)N(C)C(=O)OC(C)(C)C)cc2)n1. The maximum absolute atomic E-state index is 12.5. The van der Waals surface area contributed by atoms with Crippen molar-refractivity contribution in [1.82, 2.24) is 14.3 Å². The highest BCUT2D eigenvalue weighted by Crippen LogP contribution is 2.24. The minimum absolute atomic E-state index is 0.0559. The Bertz CT molecular complexity index is 974. The molecule has 0 N–H and O–H groups in total. The van der Waals surface area contributed by atoms with Crippen molar-refractivity contribution in [2.45, 2.75) is 32.1 Å². The number of rotatable bonds is 6. The predicted molar refractivity (Wildman–Crippen MR) is 107 cm³/mol. The molecule has 0 fully saturated rings. The Morgan fingerprint density at radius 3 is 2.34 bits per heavy atom. The topological polar surface area (TPSA) is 108 Å². The smallest absolute Gasteiger partial charge is 0.423 e. The molecule has 0 spiro atoms. The molecule has 1 aromatic heterocycles. The number of hydrogen-bond donors (Lipinski definition) is 0. The van der Waals surface area contributed by atoms with E-state index in [1.807, 2.05) is 0 Å². The van der Waals surface area contributed by atoms with Crippen LogP contribution in [-0.2, 0) is 20.5 Å². The highest BCUT2D eigenvalue weighted by molar-refractivity contribution is 7.88. The average molecular weight is 444 g/mol. The molecule has 0 saturated heterocycles. The summed E-state index contributed by atoms with van der Waals surface area (Å²) in [5.74, 6) is 0.200. The van der Waals surface area contributed by atoms with Crippen molar-refractivity contribution in [3.05, 3.63) is 41.0 Å². The molecule has 0 unspecified atom stereocenters. The number of carbonyl (C=O) groups is 1. The van der Waals surface area contributed by atoms with Gasteiger partial charge in [0.15, 0.2) is 0 Å². The van der Waals surface area contributed by atoms with Gasteiger partial charge in [-0.05, 0) is 38.5 Å². The second-order valence-electron chi connectivity index (χ2n) is 6.97. The number of hydrogen-bond acceptors (Lipinski definition) is 8. The summed E-state index contributed by atoms with van der Waals surface area (Å²) >= 11 is 5.87. The van der Waals surface area contributed by atoms with Crippen LogP contribution >= 0.6 is 11.6 Å². The first-order valence-corrected chi connectivity index (χ1v) is 10.4. The molecule has 9 nitrogen and oxygen atoms in total. The van der Waals surface area contributed by atoms with E-state index < -0.39 is 21.7 Å². The fourth-order valence-electron chi connectivity index (χ4n) is 2.04. The van der Waals surface area contributed by atoms with E-state index in [4.69, 9.17) is 25.8 Å². The molecule has 2 rings (SSSR count). The van der Waals surface area contributed by atoms with Crippen LogP contribution in [0, 0.1) is 0 Å². The molecule has 0 radical (unpaired) electrons. The molecule has 0 saturated carbocycles. The first-order chi connectivity index (χ1) is 13.4. The first-order valence-electron chi connectivity index (χ1n) is 8.44. The van der Waals surface area contributed by atoms with Crippen molar-refractivity contribution in [2.75, 3.05) is 14.2 Å². The van der Waals surface area contributed by atoms with Crippen LogP contribution < -0.4 is 9.47 Å². The lowest BCUT2D eigenvalue weighted by Crippen LogP contribution is -2.38. The summed E-state index contributed by atoms with van der Waals surface area (Å²) in [5, 5.41) is 0.153. The molecule has 158 valence electrons. The summed E-state index contributed by atoms with van der Waals surface area (Å²) in [4.78, 5) is 19.9. The van der Waals surface area contributed by atoms with Crippen molar-refractivity contribution in [2.24, 2.45) is 0 Å². The zero-order valence-corrected chi connectivity index (χ0v) is 18.2. The fourth-order valence-corrected chi connectivity index (χ4v) is 3.28. The minimum Gasteiger partial charge on any atom is -0.467 e. The summed E-state index contributed by atoms with van der Waals surface area (Å²) in [5.41, 5.74) is -0.335. The van der Waals surface area contributed by atoms with E-state index in [2.05, 4.69) is 9.97 Å². The molecule has 0 aliphatic rings. The first kappa shape index (κ1) is 22.7. The van der Waals surface area contributed by atoms with Crippen LogP contribution in [0.1, 0.15) is 26.3 Å². The Morgan fingerprint density at radius 2 is 1.79 bits per heavy atom. The van der Waals surface area contributed by atoms with Gasteiger partial charge in [0.25, 0.3) is 0 Å². The molecule has 0 aliphatic heterocycles. The molecular weight excluding hydrogens is 422 g/mol. The van der Waals surface area contributed by atoms with Crippen molar-refractivity contribution in [3.63, 3.8) is 0 Å². The number of benzene rings is 1. The normalized spacial score (nSPS) is 11.7. The molecule has 0 aliphatic carbocycles. The van der Waals surface area contributed by atoms with Crippen LogP contribution in [-0.4, -0.2) is 48.5 Å². The number of amides is 1. The van der Waals surface area contributed by atoms with Gasteiger partial charge < -0.3 is 14.2 Å². The molecule has 0 atom stereocenters. The number of ether oxygens (including phenoxy) is 3. The van der Waals surface area contributed by atoms with E-state index in [9.17, 15) is 13.2 Å². The molecule has 0 bridgehead atoms. The Kier molecular flexibility index (Phi) is 6.91. The van der Waals surface area contributed by atoms with Gasteiger partial charge in [0.1, 0.15) is 16.5 Å². The summed E-state index contributed by atoms with van der Waals surface area (Å²) < 4.78 is 41.1.